The Balaban J connectivity index is 1.59. The second-order valence-corrected chi connectivity index (χ2v) is 8.18. The van der Waals surface area contributed by atoms with Gasteiger partial charge in [0.15, 0.2) is 0 Å². The van der Waals surface area contributed by atoms with E-state index in [4.69, 9.17) is 0 Å². The van der Waals surface area contributed by atoms with Gasteiger partial charge in [0.05, 0.1) is 10.0 Å². The lowest BCUT2D eigenvalue weighted by molar-refractivity contribution is 0.0954. The number of aryl methyl sites for hydroxylation is 1. The fraction of sp³-hybridized carbons (Fsp3) is 0.0500. The number of carbonyl (C=O) groups is 2. The van der Waals surface area contributed by atoms with E-state index in [2.05, 4.69) is 31.8 Å². The quantitative estimate of drug-likeness (QED) is 0.439. The highest BCUT2D eigenvalue weighted by Gasteiger charge is 2.09. The molecule has 3 aromatic rings. The molecule has 27 heavy (non-hydrogen) atoms. The van der Waals surface area contributed by atoms with E-state index in [0.29, 0.717) is 16.8 Å². The molecule has 0 aliphatic rings. The molecule has 3 rings (SSSR count). The van der Waals surface area contributed by atoms with Crippen molar-refractivity contribution in [3.05, 3.63) is 86.0 Å². The molecule has 1 aromatic heterocycles. The number of halogens is 1. The van der Waals surface area contributed by atoms with E-state index in [9.17, 15) is 9.59 Å². The summed E-state index contributed by atoms with van der Waals surface area (Å²) in [7, 11) is 0. The van der Waals surface area contributed by atoms with Crippen LogP contribution in [-0.2, 0) is 0 Å². The summed E-state index contributed by atoms with van der Waals surface area (Å²) in [6.45, 7) is 1.89. The molecule has 0 radical (unpaired) electrons. The molecule has 2 amide bonds. The number of anilines is 1. The number of nitrogens with one attached hydrogen (secondary N) is 2. The standard InChI is InChI=1S/C20H16BrN3O2S/c1-13-4-2-3-5-17(13)20(26)23-15-8-6-14(7-9-15)19(25)24-22-12-16-10-11-18(21)27-16/h2-12H,1H3,(H,23,26)(H,24,25). The van der Waals surface area contributed by atoms with Crippen LogP contribution in [0, 0.1) is 6.92 Å². The summed E-state index contributed by atoms with van der Waals surface area (Å²) in [5, 5.41) is 6.78. The molecule has 0 aliphatic heterocycles. The third-order valence-electron chi connectivity index (χ3n) is 3.75. The van der Waals surface area contributed by atoms with Gasteiger partial charge < -0.3 is 5.32 Å². The number of hydrazone groups is 1. The minimum atomic E-state index is -0.321. The second kappa shape index (κ2) is 8.75. The Hall–Kier alpha value is -2.77. The zero-order valence-corrected chi connectivity index (χ0v) is 16.8. The molecule has 136 valence electrons. The number of nitrogens with zero attached hydrogens (tertiary/aromatic N) is 1. The zero-order chi connectivity index (χ0) is 19.2. The average molecular weight is 442 g/mol. The molecule has 0 aliphatic carbocycles. The van der Waals surface area contributed by atoms with Gasteiger partial charge >= 0.3 is 0 Å². The van der Waals surface area contributed by atoms with Crippen molar-refractivity contribution < 1.29 is 9.59 Å². The summed E-state index contributed by atoms with van der Waals surface area (Å²) in [4.78, 5) is 25.4. The molecular formula is C20H16BrN3O2S. The van der Waals surface area contributed by atoms with Gasteiger partial charge in [0.2, 0.25) is 0 Å². The predicted molar refractivity (Wildman–Crippen MR) is 113 cm³/mol. The van der Waals surface area contributed by atoms with E-state index >= 15 is 0 Å². The summed E-state index contributed by atoms with van der Waals surface area (Å²) >= 11 is 4.89. The molecule has 0 atom stereocenters. The van der Waals surface area contributed by atoms with E-state index in [0.717, 1.165) is 14.2 Å². The lowest BCUT2D eigenvalue weighted by Gasteiger charge is -2.08. The van der Waals surface area contributed by atoms with Crippen molar-refractivity contribution in [2.45, 2.75) is 6.92 Å². The van der Waals surface area contributed by atoms with Crippen LogP contribution in [0.5, 0.6) is 0 Å². The molecule has 7 heteroatoms. The smallest absolute Gasteiger partial charge is 0.271 e. The van der Waals surface area contributed by atoms with Gasteiger partial charge in [-0.15, -0.1) is 11.3 Å². The normalized spacial score (nSPS) is 10.7. The van der Waals surface area contributed by atoms with Crippen molar-refractivity contribution in [2.24, 2.45) is 5.10 Å². The highest BCUT2D eigenvalue weighted by molar-refractivity contribution is 9.11. The number of rotatable bonds is 5. The molecular weight excluding hydrogens is 426 g/mol. The maximum absolute atomic E-state index is 12.3. The average Bonchev–Trinajstić information content (AvgIpc) is 3.07. The molecule has 0 fully saturated rings. The largest absolute Gasteiger partial charge is 0.322 e. The minimum Gasteiger partial charge on any atom is -0.322 e. The van der Waals surface area contributed by atoms with Crippen LogP contribution in [-0.4, -0.2) is 18.0 Å². The van der Waals surface area contributed by atoms with Gasteiger partial charge in [-0.05, 0) is 70.9 Å². The van der Waals surface area contributed by atoms with E-state index in [1.807, 2.05) is 37.3 Å². The van der Waals surface area contributed by atoms with Crippen molar-refractivity contribution in [3.63, 3.8) is 0 Å². The fourth-order valence-electron chi connectivity index (χ4n) is 2.35. The molecule has 0 unspecified atom stereocenters. The highest BCUT2D eigenvalue weighted by atomic mass is 79.9. The molecule has 0 spiro atoms. The van der Waals surface area contributed by atoms with E-state index in [1.165, 1.54) is 11.3 Å². The predicted octanol–water partition coefficient (Wildman–Crippen LogP) is 4.84. The lowest BCUT2D eigenvalue weighted by atomic mass is 10.1. The van der Waals surface area contributed by atoms with Gasteiger partial charge in [-0.2, -0.15) is 5.10 Å². The molecule has 0 bridgehead atoms. The van der Waals surface area contributed by atoms with Gasteiger partial charge in [0.1, 0.15) is 0 Å². The van der Waals surface area contributed by atoms with Crippen molar-refractivity contribution in [1.82, 2.24) is 5.43 Å². The first-order chi connectivity index (χ1) is 13.0. The summed E-state index contributed by atoms with van der Waals surface area (Å²) in [6, 6.07) is 17.8. The Morgan fingerprint density at radius 3 is 2.41 bits per heavy atom. The van der Waals surface area contributed by atoms with Crippen LogP contribution in [0.4, 0.5) is 5.69 Å². The summed E-state index contributed by atoms with van der Waals surface area (Å²) in [5.74, 6) is -0.504. The number of hydrogen-bond acceptors (Lipinski definition) is 4. The first-order valence-electron chi connectivity index (χ1n) is 8.09. The Kier molecular flexibility index (Phi) is 6.16. The third kappa shape index (κ3) is 5.12. The Morgan fingerprint density at radius 2 is 1.74 bits per heavy atom. The fourth-order valence-corrected chi connectivity index (χ4v) is 3.64. The summed E-state index contributed by atoms with van der Waals surface area (Å²) in [5.41, 5.74) is 5.08. The van der Waals surface area contributed by atoms with E-state index in [1.54, 1.807) is 36.5 Å². The van der Waals surface area contributed by atoms with Crippen LogP contribution in [0.2, 0.25) is 0 Å². The Morgan fingerprint density at radius 1 is 1.00 bits per heavy atom. The number of benzene rings is 2. The molecule has 0 saturated heterocycles. The van der Waals surface area contributed by atoms with Crippen molar-refractivity contribution in [1.29, 1.82) is 0 Å². The van der Waals surface area contributed by atoms with Crippen molar-refractivity contribution in [3.8, 4) is 0 Å². The highest BCUT2D eigenvalue weighted by Crippen LogP contribution is 2.20. The van der Waals surface area contributed by atoms with Crippen molar-refractivity contribution in [2.75, 3.05) is 5.32 Å². The molecule has 2 aromatic carbocycles. The van der Waals surface area contributed by atoms with E-state index in [-0.39, 0.29) is 11.8 Å². The van der Waals surface area contributed by atoms with Gasteiger partial charge in [0, 0.05) is 21.7 Å². The van der Waals surface area contributed by atoms with Gasteiger partial charge in [-0.1, -0.05) is 18.2 Å². The van der Waals surface area contributed by atoms with E-state index < -0.39 is 0 Å². The maximum Gasteiger partial charge on any atom is 0.271 e. The maximum atomic E-state index is 12.3. The Labute approximate surface area is 169 Å². The van der Waals surface area contributed by atoms with Crippen LogP contribution in [0.3, 0.4) is 0 Å². The SMILES string of the molecule is Cc1ccccc1C(=O)Nc1ccc(C(=O)NN=Cc2ccc(Br)s2)cc1. The summed E-state index contributed by atoms with van der Waals surface area (Å²) < 4.78 is 0.999. The second-order valence-electron chi connectivity index (χ2n) is 5.69. The monoisotopic (exact) mass is 441 g/mol. The van der Waals surface area contributed by atoms with Gasteiger partial charge in [-0.25, -0.2) is 5.43 Å². The number of hydrogen-bond donors (Lipinski definition) is 2. The van der Waals surface area contributed by atoms with Crippen LogP contribution in [0.1, 0.15) is 31.2 Å². The van der Waals surface area contributed by atoms with Crippen LogP contribution in [0.15, 0.2) is 69.6 Å². The molecule has 0 saturated carbocycles. The molecule has 5 nitrogen and oxygen atoms in total. The third-order valence-corrected chi connectivity index (χ3v) is 5.30. The first-order valence-corrected chi connectivity index (χ1v) is 9.69. The molecule has 1 heterocycles. The first kappa shape index (κ1) is 19.0. The minimum absolute atomic E-state index is 0.183. The number of amides is 2. The number of thiophene rings is 1. The topological polar surface area (TPSA) is 70.6 Å². The summed E-state index contributed by atoms with van der Waals surface area (Å²) in [6.07, 6.45) is 1.59. The Bertz CT molecular complexity index is 996. The molecule has 2 N–H and O–H groups in total. The van der Waals surface area contributed by atoms with Gasteiger partial charge in [0.25, 0.3) is 11.8 Å². The van der Waals surface area contributed by atoms with Crippen LogP contribution in [0.25, 0.3) is 0 Å². The number of carbonyl (C=O) groups excluding carboxylic acids is 2. The zero-order valence-electron chi connectivity index (χ0n) is 14.4. The van der Waals surface area contributed by atoms with Crippen LogP contribution < -0.4 is 10.7 Å². The lowest BCUT2D eigenvalue weighted by Crippen LogP contribution is -2.18. The van der Waals surface area contributed by atoms with Crippen molar-refractivity contribution >= 4 is 51.0 Å². The van der Waals surface area contributed by atoms with Gasteiger partial charge in [-0.3, -0.25) is 9.59 Å². The van der Waals surface area contributed by atoms with Crippen LogP contribution >= 0.6 is 27.3 Å².